The van der Waals surface area contributed by atoms with Crippen molar-refractivity contribution in [3.8, 4) is 17.1 Å². The van der Waals surface area contributed by atoms with Gasteiger partial charge in [0.25, 0.3) is 11.8 Å². The van der Waals surface area contributed by atoms with Gasteiger partial charge in [0.1, 0.15) is 17.6 Å². The van der Waals surface area contributed by atoms with Crippen molar-refractivity contribution in [1.82, 2.24) is 15.5 Å². The molecule has 1 atom stereocenters. The van der Waals surface area contributed by atoms with E-state index in [0.717, 1.165) is 12.1 Å². The van der Waals surface area contributed by atoms with Crippen LogP contribution in [-0.4, -0.2) is 40.5 Å². The van der Waals surface area contributed by atoms with Gasteiger partial charge in [-0.15, -0.1) is 0 Å². The molecule has 1 unspecified atom stereocenters. The first-order valence-electron chi connectivity index (χ1n) is 8.56. The molecule has 0 spiro atoms. The third-order valence-electron chi connectivity index (χ3n) is 3.85. The Kier molecular flexibility index (Phi) is 6.31. The van der Waals surface area contributed by atoms with Crippen LogP contribution < -0.4 is 10.1 Å². The van der Waals surface area contributed by atoms with Crippen LogP contribution in [0.3, 0.4) is 0 Å². The van der Waals surface area contributed by atoms with Crippen LogP contribution in [0.1, 0.15) is 22.3 Å². The summed E-state index contributed by atoms with van der Waals surface area (Å²) in [6.07, 6.45) is -4.45. The number of amides is 1. The number of halogens is 4. The van der Waals surface area contributed by atoms with Gasteiger partial charge in [0.05, 0.1) is 6.61 Å². The third-order valence-corrected chi connectivity index (χ3v) is 3.85. The van der Waals surface area contributed by atoms with Gasteiger partial charge in [-0.1, -0.05) is 5.16 Å². The monoisotopic (exact) mass is 425 g/mol. The Hall–Kier alpha value is -3.47. The maximum Gasteiger partial charge on any atom is 0.422 e. The molecule has 7 nitrogen and oxygen atoms in total. The zero-order chi connectivity index (χ0) is 21.7. The van der Waals surface area contributed by atoms with Crippen molar-refractivity contribution in [2.75, 3.05) is 13.2 Å². The summed E-state index contributed by atoms with van der Waals surface area (Å²) in [7, 11) is 0. The molecule has 0 aliphatic carbocycles. The quantitative estimate of drug-likeness (QED) is 0.564. The molecule has 2 aromatic carbocycles. The van der Waals surface area contributed by atoms with Gasteiger partial charge in [0.2, 0.25) is 5.82 Å². The van der Waals surface area contributed by atoms with Crippen LogP contribution in [0.5, 0.6) is 5.75 Å². The van der Waals surface area contributed by atoms with Crippen molar-refractivity contribution in [1.29, 1.82) is 0 Å². The lowest BCUT2D eigenvalue weighted by atomic mass is 10.2. The lowest BCUT2D eigenvalue weighted by Gasteiger charge is -2.12. The molecule has 0 aliphatic heterocycles. The molecule has 0 fully saturated rings. The molecule has 1 heterocycles. The van der Waals surface area contributed by atoms with E-state index >= 15 is 0 Å². The van der Waals surface area contributed by atoms with Gasteiger partial charge >= 0.3 is 6.18 Å². The first-order chi connectivity index (χ1) is 14.2. The highest BCUT2D eigenvalue weighted by Crippen LogP contribution is 2.23. The normalized spacial score (nSPS) is 12.4. The average molecular weight is 425 g/mol. The number of hydrogen-bond acceptors (Lipinski definition) is 6. The second-order valence-electron chi connectivity index (χ2n) is 6.10. The fraction of sp³-hybridized carbons (Fsp3) is 0.211. The Morgan fingerprint density at radius 1 is 1.13 bits per heavy atom. The van der Waals surface area contributed by atoms with Crippen molar-refractivity contribution in [2.45, 2.75) is 12.2 Å². The van der Waals surface area contributed by atoms with E-state index in [-0.39, 0.29) is 23.0 Å². The molecule has 30 heavy (non-hydrogen) atoms. The average Bonchev–Trinajstić information content (AvgIpc) is 3.20. The van der Waals surface area contributed by atoms with Gasteiger partial charge in [0, 0.05) is 11.1 Å². The summed E-state index contributed by atoms with van der Waals surface area (Å²) in [5, 5.41) is 15.8. The van der Waals surface area contributed by atoms with E-state index in [1.54, 1.807) is 0 Å². The minimum absolute atomic E-state index is 0.0135. The van der Waals surface area contributed by atoms with Crippen LogP contribution in [0, 0.1) is 5.82 Å². The number of aliphatic hydroxyl groups excluding tert-OH is 1. The van der Waals surface area contributed by atoms with Crippen LogP contribution >= 0.6 is 0 Å². The summed E-state index contributed by atoms with van der Waals surface area (Å²) < 4.78 is 59.2. The first-order valence-corrected chi connectivity index (χ1v) is 8.56. The van der Waals surface area contributed by atoms with Gasteiger partial charge in [-0.2, -0.15) is 18.2 Å². The van der Waals surface area contributed by atoms with E-state index in [4.69, 9.17) is 4.52 Å². The predicted molar refractivity (Wildman–Crippen MR) is 95.0 cm³/mol. The van der Waals surface area contributed by atoms with E-state index in [0.29, 0.717) is 5.56 Å². The zero-order valence-corrected chi connectivity index (χ0v) is 15.2. The Labute approximate surface area is 167 Å². The number of carbonyl (C=O) groups is 1. The number of nitrogens with one attached hydrogen (secondary N) is 1. The Bertz CT molecular complexity index is 988. The summed E-state index contributed by atoms with van der Waals surface area (Å²) in [6, 6.07) is 9.29. The second-order valence-corrected chi connectivity index (χ2v) is 6.10. The summed E-state index contributed by atoms with van der Waals surface area (Å²) in [5.41, 5.74) is 0.593. The lowest BCUT2D eigenvalue weighted by Crippen LogP contribution is -2.31. The van der Waals surface area contributed by atoms with Gasteiger partial charge in [0.15, 0.2) is 6.61 Å². The Morgan fingerprint density at radius 2 is 1.80 bits per heavy atom. The number of carbonyl (C=O) groups excluding carboxylic acids is 1. The molecule has 3 aromatic rings. The molecule has 1 amide bonds. The molecule has 0 saturated carbocycles. The van der Waals surface area contributed by atoms with Crippen LogP contribution in [0.2, 0.25) is 0 Å². The highest BCUT2D eigenvalue weighted by atomic mass is 19.4. The predicted octanol–water partition coefficient (Wildman–Crippen LogP) is 3.28. The van der Waals surface area contributed by atoms with Crippen molar-refractivity contribution in [3.05, 3.63) is 65.8 Å². The Balaban J connectivity index is 1.68. The fourth-order valence-electron chi connectivity index (χ4n) is 2.39. The summed E-state index contributed by atoms with van der Waals surface area (Å²) >= 11 is 0. The molecule has 158 valence electrons. The number of ether oxygens (including phenoxy) is 1. The number of aromatic nitrogens is 2. The van der Waals surface area contributed by atoms with Crippen molar-refractivity contribution >= 4 is 5.91 Å². The zero-order valence-electron chi connectivity index (χ0n) is 15.2. The van der Waals surface area contributed by atoms with Crippen LogP contribution in [-0.2, 0) is 0 Å². The molecule has 0 aliphatic rings. The van der Waals surface area contributed by atoms with E-state index in [2.05, 4.69) is 20.2 Å². The van der Waals surface area contributed by atoms with Crippen LogP contribution in [0.15, 0.2) is 53.1 Å². The number of benzene rings is 2. The number of rotatable bonds is 7. The molecule has 0 bridgehead atoms. The fourth-order valence-corrected chi connectivity index (χ4v) is 2.39. The third kappa shape index (κ3) is 5.54. The number of aliphatic hydroxyl groups is 1. The highest BCUT2D eigenvalue weighted by molar-refractivity contribution is 5.94. The largest absolute Gasteiger partial charge is 0.484 e. The molecular formula is C19H15F4N3O4. The second kappa shape index (κ2) is 8.91. The molecular weight excluding hydrogens is 410 g/mol. The standard InChI is InChI=1S/C19H15F4N3O4/c20-13-5-1-12(2-6-13)17(28)24-15(9-27)18-25-16(26-30-18)11-3-7-14(8-4-11)29-10-19(21,22)23/h1-8,15,27H,9-10H2,(H,24,28). The maximum absolute atomic E-state index is 13.0. The SMILES string of the molecule is O=C(NC(CO)c1nc(-c2ccc(OCC(F)(F)F)cc2)no1)c1ccc(F)cc1. The van der Waals surface area contributed by atoms with E-state index in [1.807, 2.05) is 0 Å². The minimum Gasteiger partial charge on any atom is -0.484 e. The molecule has 3 rings (SSSR count). The van der Waals surface area contributed by atoms with Gasteiger partial charge in [-0.3, -0.25) is 4.79 Å². The molecule has 0 radical (unpaired) electrons. The molecule has 2 N–H and O–H groups in total. The maximum atomic E-state index is 13.0. The van der Waals surface area contributed by atoms with Crippen molar-refractivity contribution in [2.24, 2.45) is 0 Å². The number of alkyl halides is 3. The Morgan fingerprint density at radius 3 is 2.40 bits per heavy atom. The van der Waals surface area contributed by atoms with Crippen LogP contribution in [0.4, 0.5) is 17.6 Å². The highest BCUT2D eigenvalue weighted by Gasteiger charge is 2.28. The first kappa shape index (κ1) is 21.2. The van der Waals surface area contributed by atoms with Gasteiger partial charge in [-0.25, -0.2) is 4.39 Å². The van der Waals surface area contributed by atoms with Crippen LogP contribution in [0.25, 0.3) is 11.4 Å². The smallest absolute Gasteiger partial charge is 0.422 e. The topological polar surface area (TPSA) is 97.5 Å². The van der Waals surface area contributed by atoms with E-state index < -0.39 is 37.2 Å². The lowest BCUT2D eigenvalue weighted by molar-refractivity contribution is -0.153. The van der Waals surface area contributed by atoms with Crippen molar-refractivity contribution in [3.63, 3.8) is 0 Å². The van der Waals surface area contributed by atoms with E-state index in [1.165, 1.54) is 36.4 Å². The molecule has 1 aromatic heterocycles. The number of hydrogen-bond donors (Lipinski definition) is 2. The summed E-state index contributed by atoms with van der Waals surface area (Å²) in [6.45, 7) is -1.95. The van der Waals surface area contributed by atoms with Crippen molar-refractivity contribution < 1.29 is 36.7 Å². The van der Waals surface area contributed by atoms with Gasteiger partial charge < -0.3 is 19.7 Å². The molecule has 11 heteroatoms. The summed E-state index contributed by atoms with van der Waals surface area (Å²) in [5.74, 6) is -1.05. The van der Waals surface area contributed by atoms with Gasteiger partial charge in [-0.05, 0) is 48.5 Å². The van der Waals surface area contributed by atoms with E-state index in [9.17, 15) is 27.5 Å². The number of nitrogens with zero attached hydrogens (tertiary/aromatic N) is 2. The summed E-state index contributed by atoms with van der Waals surface area (Å²) in [4.78, 5) is 16.3. The molecule has 0 saturated heterocycles. The minimum atomic E-state index is -4.45.